The molecule has 0 bridgehead atoms. The van der Waals surface area contributed by atoms with Crippen molar-refractivity contribution in [1.29, 1.82) is 0 Å². The Morgan fingerprint density at radius 2 is 2.14 bits per heavy atom. The molecule has 1 saturated heterocycles. The van der Waals surface area contributed by atoms with Crippen molar-refractivity contribution in [1.82, 2.24) is 25.5 Å². The van der Waals surface area contributed by atoms with Crippen molar-refractivity contribution < 1.29 is 9.05 Å². The zero-order chi connectivity index (χ0) is 15.5. The summed E-state index contributed by atoms with van der Waals surface area (Å²) in [5, 5.41) is 11.5. The van der Waals surface area contributed by atoms with Gasteiger partial charge in [-0.2, -0.15) is 4.98 Å². The normalized spacial score (nSPS) is 19.7. The first-order chi connectivity index (χ1) is 10.6. The quantitative estimate of drug-likeness (QED) is 0.890. The van der Waals surface area contributed by atoms with E-state index in [9.17, 15) is 0 Å². The van der Waals surface area contributed by atoms with Crippen molar-refractivity contribution in [3.63, 3.8) is 0 Å². The van der Waals surface area contributed by atoms with Crippen LogP contribution in [0.1, 0.15) is 34.8 Å². The van der Waals surface area contributed by atoms with Gasteiger partial charge in [0.2, 0.25) is 5.89 Å². The summed E-state index contributed by atoms with van der Waals surface area (Å²) >= 11 is 1.73. The molecule has 1 unspecified atom stereocenters. The number of nitrogens with one attached hydrogen (secondary N) is 1. The Morgan fingerprint density at radius 1 is 1.27 bits per heavy atom. The molecule has 0 amide bonds. The summed E-state index contributed by atoms with van der Waals surface area (Å²) in [5.41, 5.74) is 2.10. The van der Waals surface area contributed by atoms with E-state index in [-0.39, 0.29) is 6.04 Å². The molecule has 7 nitrogen and oxygen atoms in total. The van der Waals surface area contributed by atoms with Gasteiger partial charge in [0.25, 0.3) is 0 Å². The van der Waals surface area contributed by atoms with Gasteiger partial charge in [0.05, 0.1) is 17.5 Å². The molecular weight excluding hydrogens is 302 g/mol. The Bertz CT molecular complexity index is 607. The second kappa shape index (κ2) is 6.80. The Morgan fingerprint density at radius 3 is 2.86 bits per heavy atom. The summed E-state index contributed by atoms with van der Waals surface area (Å²) in [7, 11) is 2.09. The molecule has 1 atom stereocenters. The minimum Gasteiger partial charge on any atom is -0.361 e. The molecule has 0 radical (unpaired) electrons. The summed E-state index contributed by atoms with van der Waals surface area (Å²) in [5.74, 6) is 3.85. The van der Waals surface area contributed by atoms with Crippen LogP contribution in [-0.4, -0.2) is 46.9 Å². The maximum absolute atomic E-state index is 5.37. The van der Waals surface area contributed by atoms with E-state index in [1.54, 1.807) is 11.8 Å². The minimum atomic E-state index is 0.193. The van der Waals surface area contributed by atoms with Crippen molar-refractivity contribution in [2.75, 3.05) is 26.7 Å². The molecule has 3 heterocycles. The highest BCUT2D eigenvalue weighted by molar-refractivity contribution is 7.97. The van der Waals surface area contributed by atoms with Crippen molar-refractivity contribution in [2.24, 2.45) is 0 Å². The number of nitrogens with zero attached hydrogens (tertiary/aromatic N) is 4. The summed E-state index contributed by atoms with van der Waals surface area (Å²) in [6, 6.07) is 0.193. The number of aromatic nitrogens is 3. The van der Waals surface area contributed by atoms with Crippen LogP contribution in [0.4, 0.5) is 0 Å². The Balaban J connectivity index is 1.56. The number of aryl methyl sites for hydroxylation is 2. The molecule has 2 aromatic heterocycles. The van der Waals surface area contributed by atoms with E-state index in [0.29, 0.717) is 11.6 Å². The van der Waals surface area contributed by atoms with Gasteiger partial charge in [0.15, 0.2) is 5.82 Å². The molecule has 1 aliphatic rings. The molecule has 0 spiro atoms. The lowest BCUT2D eigenvalue weighted by molar-refractivity contribution is 0.190. The zero-order valence-electron chi connectivity index (χ0n) is 13.1. The van der Waals surface area contributed by atoms with E-state index in [4.69, 9.17) is 9.05 Å². The lowest BCUT2D eigenvalue weighted by atomic mass is 10.2. The molecule has 1 N–H and O–H groups in total. The average Bonchev–Trinajstić information content (AvgIpc) is 3.09. The largest absolute Gasteiger partial charge is 0.361 e. The smallest absolute Gasteiger partial charge is 0.236 e. The van der Waals surface area contributed by atoms with E-state index in [2.05, 4.69) is 32.6 Å². The van der Waals surface area contributed by atoms with Gasteiger partial charge in [0.1, 0.15) is 5.76 Å². The molecule has 1 aliphatic heterocycles. The third-order valence-electron chi connectivity index (χ3n) is 3.95. The monoisotopic (exact) mass is 323 g/mol. The Hall–Kier alpha value is -1.38. The SMILES string of the molecule is Cc1noc(C)c1CSCc1nc(C2CNCCN2C)no1. The lowest BCUT2D eigenvalue weighted by Crippen LogP contribution is -2.44. The topological polar surface area (TPSA) is 80.2 Å². The summed E-state index contributed by atoms with van der Waals surface area (Å²) in [6.07, 6.45) is 0. The molecule has 22 heavy (non-hydrogen) atoms. The molecule has 0 aliphatic carbocycles. The van der Waals surface area contributed by atoms with Gasteiger partial charge in [0, 0.05) is 31.0 Å². The fourth-order valence-corrected chi connectivity index (χ4v) is 3.51. The van der Waals surface area contributed by atoms with Crippen LogP contribution in [0.2, 0.25) is 0 Å². The van der Waals surface area contributed by atoms with Crippen molar-refractivity contribution in [2.45, 2.75) is 31.4 Å². The van der Waals surface area contributed by atoms with Gasteiger partial charge < -0.3 is 14.4 Å². The fourth-order valence-electron chi connectivity index (χ4n) is 2.50. The predicted molar refractivity (Wildman–Crippen MR) is 83.5 cm³/mol. The van der Waals surface area contributed by atoms with Gasteiger partial charge in [-0.25, -0.2) is 0 Å². The van der Waals surface area contributed by atoms with Crippen LogP contribution in [0, 0.1) is 13.8 Å². The Kier molecular flexibility index (Phi) is 4.80. The van der Waals surface area contributed by atoms with Gasteiger partial charge in [-0.3, -0.25) is 4.90 Å². The summed E-state index contributed by atoms with van der Waals surface area (Å²) in [4.78, 5) is 6.78. The fraction of sp³-hybridized carbons (Fsp3) is 0.643. The third kappa shape index (κ3) is 3.34. The van der Waals surface area contributed by atoms with E-state index >= 15 is 0 Å². The molecule has 3 rings (SSSR count). The number of thioether (sulfide) groups is 1. The molecule has 1 fully saturated rings. The highest BCUT2D eigenvalue weighted by Crippen LogP contribution is 2.23. The van der Waals surface area contributed by atoms with Crippen molar-refractivity contribution >= 4 is 11.8 Å². The number of hydrogen-bond acceptors (Lipinski definition) is 8. The Labute approximate surface area is 133 Å². The van der Waals surface area contributed by atoms with Crippen LogP contribution in [-0.2, 0) is 11.5 Å². The average molecular weight is 323 g/mol. The van der Waals surface area contributed by atoms with Crippen molar-refractivity contribution in [3.05, 3.63) is 28.7 Å². The van der Waals surface area contributed by atoms with Crippen LogP contribution in [0.3, 0.4) is 0 Å². The van der Waals surface area contributed by atoms with Crippen LogP contribution < -0.4 is 5.32 Å². The number of rotatable bonds is 5. The summed E-state index contributed by atoms with van der Waals surface area (Å²) in [6.45, 7) is 6.76. The lowest BCUT2D eigenvalue weighted by Gasteiger charge is -2.30. The van der Waals surface area contributed by atoms with Gasteiger partial charge in [-0.05, 0) is 20.9 Å². The third-order valence-corrected chi connectivity index (χ3v) is 4.89. The maximum atomic E-state index is 5.37. The second-order valence-electron chi connectivity index (χ2n) is 5.54. The summed E-state index contributed by atoms with van der Waals surface area (Å²) < 4.78 is 10.5. The first-order valence-electron chi connectivity index (χ1n) is 7.38. The van der Waals surface area contributed by atoms with E-state index in [1.807, 2.05) is 13.8 Å². The molecule has 120 valence electrons. The second-order valence-corrected chi connectivity index (χ2v) is 6.53. The molecular formula is C14H21N5O2S. The van der Waals surface area contributed by atoms with E-state index in [1.165, 1.54) is 0 Å². The molecule has 2 aromatic rings. The molecule has 0 saturated carbocycles. The van der Waals surface area contributed by atoms with Crippen LogP contribution in [0.5, 0.6) is 0 Å². The van der Waals surface area contributed by atoms with Crippen LogP contribution in [0.15, 0.2) is 9.05 Å². The maximum Gasteiger partial charge on any atom is 0.236 e. The number of hydrogen-bond donors (Lipinski definition) is 1. The van der Waals surface area contributed by atoms with Crippen molar-refractivity contribution in [3.8, 4) is 0 Å². The standard InChI is InChI=1S/C14H21N5O2S/c1-9-11(10(2)20-17-9)7-22-8-13-16-14(18-21-13)12-6-15-4-5-19(12)3/h12,15H,4-8H2,1-3H3. The number of piperazine rings is 1. The van der Waals surface area contributed by atoms with E-state index < -0.39 is 0 Å². The highest BCUT2D eigenvalue weighted by atomic mass is 32.2. The van der Waals surface area contributed by atoms with Gasteiger partial charge in [-0.1, -0.05) is 10.3 Å². The molecule has 0 aromatic carbocycles. The van der Waals surface area contributed by atoms with Gasteiger partial charge >= 0.3 is 0 Å². The highest BCUT2D eigenvalue weighted by Gasteiger charge is 2.25. The first-order valence-corrected chi connectivity index (χ1v) is 8.53. The zero-order valence-corrected chi connectivity index (χ0v) is 13.9. The minimum absolute atomic E-state index is 0.193. The van der Waals surface area contributed by atoms with Crippen LogP contribution in [0.25, 0.3) is 0 Å². The molecule has 8 heteroatoms. The number of likely N-dealkylation sites (N-methyl/N-ethyl adjacent to an activating group) is 1. The van der Waals surface area contributed by atoms with Crippen LogP contribution >= 0.6 is 11.8 Å². The van der Waals surface area contributed by atoms with Gasteiger partial charge in [-0.15, -0.1) is 11.8 Å². The van der Waals surface area contributed by atoms with E-state index in [0.717, 1.165) is 48.2 Å². The first kappa shape index (κ1) is 15.5. The predicted octanol–water partition coefficient (Wildman–Crippen LogP) is 1.68.